The van der Waals surface area contributed by atoms with Crippen molar-refractivity contribution >= 4 is 17.3 Å². The molecule has 2 atom stereocenters. The second-order valence-corrected chi connectivity index (χ2v) is 8.17. The Balaban J connectivity index is 1.61. The largest absolute Gasteiger partial charge is 0.497 e. The second kappa shape index (κ2) is 11.2. The summed E-state index contributed by atoms with van der Waals surface area (Å²) in [6.45, 7) is 7.28. The number of aliphatic imine (C=N–C) groups is 1. The van der Waals surface area contributed by atoms with Crippen LogP contribution in [0.1, 0.15) is 29.3 Å². The van der Waals surface area contributed by atoms with Gasteiger partial charge in [0.05, 0.1) is 26.4 Å². The lowest BCUT2D eigenvalue weighted by Gasteiger charge is -2.35. The summed E-state index contributed by atoms with van der Waals surface area (Å²) in [7, 11) is 3.52. The average molecular weight is 417 g/mol. The van der Waals surface area contributed by atoms with E-state index in [-0.39, 0.29) is 6.04 Å². The molecule has 7 heteroatoms. The van der Waals surface area contributed by atoms with Crippen LogP contribution in [0.5, 0.6) is 5.75 Å². The molecule has 1 aromatic heterocycles. The van der Waals surface area contributed by atoms with Gasteiger partial charge in [-0.3, -0.25) is 9.89 Å². The number of ether oxygens (including phenoxy) is 2. The van der Waals surface area contributed by atoms with Crippen LogP contribution in [0, 0.1) is 0 Å². The Hall–Kier alpha value is -2.09. The summed E-state index contributed by atoms with van der Waals surface area (Å²) in [5.41, 5.74) is 1.27. The molecule has 0 amide bonds. The molecule has 6 nitrogen and oxygen atoms in total. The van der Waals surface area contributed by atoms with Crippen molar-refractivity contribution in [2.24, 2.45) is 4.99 Å². The van der Waals surface area contributed by atoms with Crippen molar-refractivity contribution in [3.8, 4) is 5.75 Å². The van der Waals surface area contributed by atoms with E-state index in [0.717, 1.165) is 51.1 Å². The molecule has 0 saturated carbocycles. The van der Waals surface area contributed by atoms with Crippen molar-refractivity contribution in [2.75, 3.05) is 53.6 Å². The zero-order valence-corrected chi connectivity index (χ0v) is 18.4. The zero-order valence-electron chi connectivity index (χ0n) is 17.6. The lowest BCUT2D eigenvalue weighted by Crippen LogP contribution is -2.46. The molecule has 2 aromatic rings. The van der Waals surface area contributed by atoms with E-state index >= 15 is 0 Å². The summed E-state index contributed by atoms with van der Waals surface area (Å²) in [5.74, 6) is 2.16. The van der Waals surface area contributed by atoms with Gasteiger partial charge < -0.3 is 20.1 Å². The normalized spacial score (nSPS) is 17.6. The molecule has 1 aliphatic rings. The molecule has 3 rings (SSSR count). The van der Waals surface area contributed by atoms with Crippen LogP contribution in [-0.2, 0) is 4.74 Å². The van der Waals surface area contributed by atoms with E-state index in [4.69, 9.17) is 9.47 Å². The van der Waals surface area contributed by atoms with E-state index in [1.54, 1.807) is 18.4 Å². The fourth-order valence-electron chi connectivity index (χ4n) is 3.51. The Morgan fingerprint density at radius 1 is 1.17 bits per heavy atom. The molecule has 2 N–H and O–H groups in total. The van der Waals surface area contributed by atoms with Gasteiger partial charge in [0.2, 0.25) is 0 Å². The molecule has 158 valence electrons. The summed E-state index contributed by atoms with van der Waals surface area (Å²) < 4.78 is 10.9. The van der Waals surface area contributed by atoms with E-state index in [2.05, 4.69) is 57.1 Å². The minimum Gasteiger partial charge on any atom is -0.497 e. The van der Waals surface area contributed by atoms with Gasteiger partial charge in [0.15, 0.2) is 5.96 Å². The van der Waals surface area contributed by atoms with Gasteiger partial charge in [-0.25, -0.2) is 0 Å². The number of hydrogen-bond acceptors (Lipinski definition) is 5. The molecule has 0 bridgehead atoms. The Bertz CT molecular complexity index is 743. The molecule has 2 heterocycles. The average Bonchev–Trinajstić information content (AvgIpc) is 3.32. The van der Waals surface area contributed by atoms with Gasteiger partial charge in [-0.2, -0.15) is 0 Å². The summed E-state index contributed by atoms with van der Waals surface area (Å²) in [4.78, 5) is 8.27. The number of nitrogens with zero attached hydrogens (tertiary/aromatic N) is 2. The third-order valence-corrected chi connectivity index (χ3v) is 6.38. The maximum Gasteiger partial charge on any atom is 0.191 e. The first-order valence-corrected chi connectivity index (χ1v) is 11.0. The predicted octanol–water partition coefficient (Wildman–Crippen LogP) is 3.10. The third-order valence-electron chi connectivity index (χ3n) is 5.28. The Morgan fingerprint density at radius 2 is 1.90 bits per heavy atom. The van der Waals surface area contributed by atoms with Crippen molar-refractivity contribution in [2.45, 2.75) is 18.9 Å². The minimum atomic E-state index is 0.248. The maximum atomic E-state index is 5.55. The molecule has 1 fully saturated rings. The van der Waals surface area contributed by atoms with Crippen molar-refractivity contribution in [3.05, 3.63) is 52.2 Å². The third kappa shape index (κ3) is 6.19. The van der Waals surface area contributed by atoms with Crippen LogP contribution in [-0.4, -0.2) is 64.4 Å². The first-order chi connectivity index (χ1) is 14.2. The Morgan fingerprint density at radius 3 is 2.52 bits per heavy atom. The minimum absolute atomic E-state index is 0.248. The lowest BCUT2D eigenvalue weighted by atomic mass is 10.0. The molecule has 1 saturated heterocycles. The molecule has 1 aromatic carbocycles. The van der Waals surface area contributed by atoms with Gasteiger partial charge in [-0.05, 0) is 29.1 Å². The van der Waals surface area contributed by atoms with Gasteiger partial charge in [0.25, 0.3) is 0 Å². The van der Waals surface area contributed by atoms with Crippen molar-refractivity contribution in [1.29, 1.82) is 0 Å². The number of rotatable bonds is 8. The number of hydrogen-bond donors (Lipinski definition) is 2. The van der Waals surface area contributed by atoms with E-state index in [9.17, 15) is 0 Å². The highest BCUT2D eigenvalue weighted by atomic mass is 32.1. The summed E-state index contributed by atoms with van der Waals surface area (Å²) in [5, 5.41) is 9.12. The van der Waals surface area contributed by atoms with Crippen LogP contribution in [0.2, 0.25) is 0 Å². The molecular formula is C22H32N4O2S. The van der Waals surface area contributed by atoms with E-state index in [1.165, 1.54) is 10.4 Å². The van der Waals surface area contributed by atoms with Gasteiger partial charge in [0.1, 0.15) is 5.75 Å². The highest BCUT2D eigenvalue weighted by Gasteiger charge is 2.23. The fourth-order valence-corrected chi connectivity index (χ4v) is 4.30. The van der Waals surface area contributed by atoms with Gasteiger partial charge in [-0.15, -0.1) is 11.3 Å². The Labute approximate surface area is 177 Å². The predicted molar refractivity (Wildman–Crippen MR) is 120 cm³/mol. The zero-order chi connectivity index (χ0) is 20.5. The van der Waals surface area contributed by atoms with Crippen LogP contribution in [0.15, 0.2) is 46.8 Å². The SMILES string of the molecule is CN=C(NCC(C)c1cccs1)NCC(c1ccc(OC)cc1)N1CCOCC1. The van der Waals surface area contributed by atoms with Crippen LogP contribution in [0.25, 0.3) is 0 Å². The smallest absolute Gasteiger partial charge is 0.191 e. The fraction of sp³-hybridized carbons (Fsp3) is 0.500. The highest BCUT2D eigenvalue weighted by Crippen LogP contribution is 2.24. The number of morpholine rings is 1. The maximum absolute atomic E-state index is 5.55. The molecule has 0 aliphatic carbocycles. The van der Waals surface area contributed by atoms with E-state index < -0.39 is 0 Å². The van der Waals surface area contributed by atoms with Crippen LogP contribution in [0.4, 0.5) is 0 Å². The first kappa shape index (κ1) is 21.6. The summed E-state index contributed by atoms with van der Waals surface area (Å²) in [6, 6.07) is 12.9. The van der Waals surface area contributed by atoms with Crippen LogP contribution >= 0.6 is 11.3 Å². The van der Waals surface area contributed by atoms with E-state index in [0.29, 0.717) is 5.92 Å². The van der Waals surface area contributed by atoms with Gasteiger partial charge in [0, 0.05) is 44.0 Å². The number of guanidine groups is 1. The topological polar surface area (TPSA) is 58.1 Å². The van der Waals surface area contributed by atoms with Crippen molar-refractivity contribution < 1.29 is 9.47 Å². The molecular weight excluding hydrogens is 384 g/mol. The molecule has 2 unspecified atom stereocenters. The molecule has 0 spiro atoms. The first-order valence-electron chi connectivity index (χ1n) is 10.1. The number of thiophene rings is 1. The quantitative estimate of drug-likeness (QED) is 0.512. The number of nitrogens with one attached hydrogen (secondary N) is 2. The number of benzene rings is 1. The Kier molecular flexibility index (Phi) is 8.34. The molecule has 1 aliphatic heterocycles. The monoisotopic (exact) mass is 416 g/mol. The molecule has 29 heavy (non-hydrogen) atoms. The summed E-state index contributed by atoms with van der Waals surface area (Å²) >= 11 is 1.80. The molecule has 0 radical (unpaired) electrons. The number of methoxy groups -OCH3 is 1. The van der Waals surface area contributed by atoms with Gasteiger partial charge >= 0.3 is 0 Å². The van der Waals surface area contributed by atoms with Gasteiger partial charge in [-0.1, -0.05) is 25.1 Å². The lowest BCUT2D eigenvalue weighted by molar-refractivity contribution is 0.0170. The van der Waals surface area contributed by atoms with Crippen molar-refractivity contribution in [3.63, 3.8) is 0 Å². The highest BCUT2D eigenvalue weighted by molar-refractivity contribution is 7.10. The summed E-state index contributed by atoms with van der Waals surface area (Å²) in [6.07, 6.45) is 0. The van der Waals surface area contributed by atoms with E-state index in [1.807, 2.05) is 19.2 Å². The van der Waals surface area contributed by atoms with Crippen LogP contribution in [0.3, 0.4) is 0 Å². The standard InChI is InChI=1S/C22H32N4O2S/c1-17(21-5-4-14-29-21)15-24-22(23-2)25-16-20(26-10-12-28-13-11-26)18-6-8-19(27-3)9-7-18/h4-9,14,17,20H,10-13,15-16H2,1-3H3,(H2,23,24,25). The second-order valence-electron chi connectivity index (χ2n) is 7.19. The van der Waals surface area contributed by atoms with Crippen LogP contribution < -0.4 is 15.4 Å². The van der Waals surface area contributed by atoms with Crippen molar-refractivity contribution in [1.82, 2.24) is 15.5 Å².